The van der Waals surface area contributed by atoms with Crippen molar-refractivity contribution >= 4 is 17.3 Å². The van der Waals surface area contributed by atoms with Crippen molar-refractivity contribution in [1.29, 1.82) is 0 Å². The average molecular weight is 273 g/mol. The van der Waals surface area contributed by atoms with E-state index in [0.29, 0.717) is 12.3 Å². The lowest BCUT2D eigenvalue weighted by Crippen LogP contribution is -2.43. The summed E-state index contributed by atoms with van der Waals surface area (Å²) in [6.45, 7) is 4.25. The molecule has 0 aliphatic carbocycles. The Morgan fingerprint density at radius 1 is 1.15 bits per heavy atom. The molecular weight excluding hydrogens is 250 g/mol. The van der Waals surface area contributed by atoms with Crippen LogP contribution in [0.25, 0.3) is 0 Å². The number of hydrogen-bond acceptors (Lipinski definition) is 3. The van der Waals surface area contributed by atoms with Gasteiger partial charge in [-0.1, -0.05) is 0 Å². The van der Waals surface area contributed by atoms with E-state index in [1.54, 1.807) is 0 Å². The average Bonchev–Trinajstić information content (AvgIpc) is 2.45. The van der Waals surface area contributed by atoms with Gasteiger partial charge in [0, 0.05) is 30.9 Å². The molecule has 0 spiro atoms. The SMILES string of the molecule is O=C(CC1CNC1)Nc1ccc(N2CCCCC2)cc1. The Morgan fingerprint density at radius 3 is 2.45 bits per heavy atom. The number of piperidine rings is 1. The van der Waals surface area contributed by atoms with Gasteiger partial charge in [0.1, 0.15) is 0 Å². The maximum absolute atomic E-state index is 11.9. The van der Waals surface area contributed by atoms with E-state index in [1.807, 2.05) is 12.1 Å². The molecule has 20 heavy (non-hydrogen) atoms. The van der Waals surface area contributed by atoms with Crippen LogP contribution in [0, 0.1) is 5.92 Å². The van der Waals surface area contributed by atoms with Crippen LogP contribution in [0.2, 0.25) is 0 Å². The normalized spacial score (nSPS) is 19.5. The zero-order chi connectivity index (χ0) is 13.8. The third-order valence-corrected chi connectivity index (χ3v) is 4.21. The summed E-state index contributed by atoms with van der Waals surface area (Å²) in [5, 5.41) is 6.17. The summed E-state index contributed by atoms with van der Waals surface area (Å²) in [6, 6.07) is 8.26. The van der Waals surface area contributed by atoms with E-state index in [4.69, 9.17) is 0 Å². The molecular formula is C16H23N3O. The second-order valence-electron chi connectivity index (χ2n) is 5.87. The highest BCUT2D eigenvalue weighted by Crippen LogP contribution is 2.22. The van der Waals surface area contributed by atoms with Crippen molar-refractivity contribution in [3.63, 3.8) is 0 Å². The van der Waals surface area contributed by atoms with Gasteiger partial charge in [0.25, 0.3) is 0 Å². The number of benzene rings is 1. The minimum absolute atomic E-state index is 0.127. The molecule has 1 amide bonds. The number of carbonyl (C=O) groups excluding carboxylic acids is 1. The van der Waals surface area contributed by atoms with Crippen LogP contribution in [0.1, 0.15) is 25.7 Å². The molecule has 2 saturated heterocycles. The summed E-state index contributed by atoms with van der Waals surface area (Å²) in [4.78, 5) is 14.3. The maximum Gasteiger partial charge on any atom is 0.224 e. The second kappa shape index (κ2) is 6.27. The molecule has 3 rings (SSSR count). The van der Waals surface area contributed by atoms with Gasteiger partial charge in [0.05, 0.1) is 0 Å². The summed E-state index contributed by atoms with van der Waals surface area (Å²) in [5.74, 6) is 0.643. The van der Waals surface area contributed by atoms with Crippen LogP contribution in [0.15, 0.2) is 24.3 Å². The van der Waals surface area contributed by atoms with Gasteiger partial charge in [-0.25, -0.2) is 0 Å². The number of carbonyl (C=O) groups is 1. The monoisotopic (exact) mass is 273 g/mol. The molecule has 4 heteroatoms. The molecule has 1 aromatic carbocycles. The van der Waals surface area contributed by atoms with Gasteiger partial charge in [-0.15, -0.1) is 0 Å². The first-order valence-corrected chi connectivity index (χ1v) is 7.67. The molecule has 1 aromatic rings. The topological polar surface area (TPSA) is 44.4 Å². The largest absolute Gasteiger partial charge is 0.372 e. The molecule has 0 bridgehead atoms. The van der Waals surface area contributed by atoms with Gasteiger partial charge >= 0.3 is 0 Å². The first-order chi connectivity index (χ1) is 9.81. The quantitative estimate of drug-likeness (QED) is 0.884. The smallest absolute Gasteiger partial charge is 0.224 e. The zero-order valence-electron chi connectivity index (χ0n) is 11.9. The fourth-order valence-corrected chi connectivity index (χ4v) is 2.87. The lowest BCUT2D eigenvalue weighted by Gasteiger charge is -2.29. The van der Waals surface area contributed by atoms with Gasteiger partial charge in [-0.3, -0.25) is 4.79 Å². The van der Waals surface area contributed by atoms with Crippen molar-refractivity contribution in [1.82, 2.24) is 5.32 Å². The summed E-state index contributed by atoms with van der Waals surface area (Å²) >= 11 is 0. The first kappa shape index (κ1) is 13.4. The van der Waals surface area contributed by atoms with Crippen LogP contribution < -0.4 is 15.5 Å². The number of hydrogen-bond donors (Lipinski definition) is 2. The molecule has 0 radical (unpaired) electrons. The first-order valence-electron chi connectivity index (χ1n) is 7.67. The van der Waals surface area contributed by atoms with Crippen molar-refractivity contribution in [2.24, 2.45) is 5.92 Å². The number of amides is 1. The fraction of sp³-hybridized carbons (Fsp3) is 0.562. The highest BCUT2D eigenvalue weighted by Gasteiger charge is 2.20. The van der Waals surface area contributed by atoms with E-state index in [2.05, 4.69) is 27.7 Å². The highest BCUT2D eigenvalue weighted by atomic mass is 16.1. The zero-order valence-corrected chi connectivity index (χ0v) is 11.9. The summed E-state index contributed by atoms with van der Waals surface area (Å²) in [6.07, 6.45) is 4.55. The Morgan fingerprint density at radius 2 is 1.85 bits per heavy atom. The van der Waals surface area contributed by atoms with Crippen LogP contribution >= 0.6 is 0 Å². The molecule has 2 aliphatic heterocycles. The predicted molar refractivity (Wildman–Crippen MR) is 82.1 cm³/mol. The van der Waals surface area contributed by atoms with E-state index < -0.39 is 0 Å². The van der Waals surface area contributed by atoms with Gasteiger partial charge in [-0.05, 0) is 62.5 Å². The van der Waals surface area contributed by atoms with Crippen molar-refractivity contribution in [3.05, 3.63) is 24.3 Å². The van der Waals surface area contributed by atoms with Gasteiger partial charge in [-0.2, -0.15) is 0 Å². The summed E-state index contributed by atoms with van der Waals surface area (Å²) in [5.41, 5.74) is 2.17. The van der Waals surface area contributed by atoms with E-state index in [-0.39, 0.29) is 5.91 Å². The third kappa shape index (κ3) is 3.31. The van der Waals surface area contributed by atoms with Gasteiger partial charge < -0.3 is 15.5 Å². The number of anilines is 2. The minimum atomic E-state index is 0.127. The van der Waals surface area contributed by atoms with Crippen molar-refractivity contribution in [3.8, 4) is 0 Å². The Kier molecular flexibility index (Phi) is 4.21. The predicted octanol–water partition coefficient (Wildman–Crippen LogP) is 2.22. The van der Waals surface area contributed by atoms with Crippen LogP contribution in [0.5, 0.6) is 0 Å². The standard InChI is InChI=1S/C16H23N3O/c20-16(10-13-11-17-12-13)18-14-4-6-15(7-5-14)19-8-2-1-3-9-19/h4-7,13,17H,1-3,8-12H2,(H,18,20). The number of rotatable bonds is 4. The van der Waals surface area contributed by atoms with Gasteiger partial charge in [0.15, 0.2) is 0 Å². The lowest BCUT2D eigenvalue weighted by atomic mass is 9.99. The second-order valence-corrected chi connectivity index (χ2v) is 5.87. The van der Waals surface area contributed by atoms with Gasteiger partial charge in [0.2, 0.25) is 5.91 Å². The third-order valence-electron chi connectivity index (χ3n) is 4.21. The molecule has 0 saturated carbocycles. The van der Waals surface area contributed by atoms with Crippen molar-refractivity contribution in [2.75, 3.05) is 36.4 Å². The minimum Gasteiger partial charge on any atom is -0.372 e. The Balaban J connectivity index is 1.53. The van der Waals surface area contributed by atoms with Crippen LogP contribution in [0.4, 0.5) is 11.4 Å². The maximum atomic E-state index is 11.9. The van der Waals surface area contributed by atoms with E-state index in [9.17, 15) is 4.79 Å². The van der Waals surface area contributed by atoms with E-state index in [0.717, 1.165) is 31.9 Å². The van der Waals surface area contributed by atoms with Crippen LogP contribution in [0.3, 0.4) is 0 Å². The fourth-order valence-electron chi connectivity index (χ4n) is 2.87. The molecule has 108 valence electrons. The highest BCUT2D eigenvalue weighted by molar-refractivity contribution is 5.91. The molecule has 2 aliphatic rings. The molecule has 2 N–H and O–H groups in total. The molecule has 0 unspecified atom stereocenters. The molecule has 2 heterocycles. The van der Waals surface area contributed by atoms with Crippen LogP contribution in [-0.4, -0.2) is 32.1 Å². The Hall–Kier alpha value is -1.55. The number of nitrogens with zero attached hydrogens (tertiary/aromatic N) is 1. The van der Waals surface area contributed by atoms with Crippen LogP contribution in [-0.2, 0) is 4.79 Å². The molecule has 2 fully saturated rings. The lowest BCUT2D eigenvalue weighted by molar-refractivity contribution is -0.117. The number of nitrogens with one attached hydrogen (secondary N) is 2. The Bertz CT molecular complexity index is 447. The molecule has 0 atom stereocenters. The molecule has 0 aromatic heterocycles. The van der Waals surface area contributed by atoms with E-state index in [1.165, 1.54) is 24.9 Å². The Labute approximate surface area is 120 Å². The summed E-state index contributed by atoms with van der Waals surface area (Å²) in [7, 11) is 0. The summed E-state index contributed by atoms with van der Waals surface area (Å²) < 4.78 is 0. The van der Waals surface area contributed by atoms with Crippen molar-refractivity contribution < 1.29 is 4.79 Å². The van der Waals surface area contributed by atoms with Crippen molar-refractivity contribution in [2.45, 2.75) is 25.7 Å². The van der Waals surface area contributed by atoms with E-state index >= 15 is 0 Å². The molecule has 4 nitrogen and oxygen atoms in total.